The monoisotopic (exact) mass is 587 g/mol. The first-order valence-corrected chi connectivity index (χ1v) is 15.2. The van der Waals surface area contributed by atoms with Gasteiger partial charge in [-0.2, -0.15) is 0 Å². The number of rotatable bonds is 3. The molecule has 2 bridgehead atoms. The Morgan fingerprint density at radius 3 is 1.44 bits per heavy atom. The maximum atomic E-state index is 15.8. The third-order valence-electron chi connectivity index (χ3n) is 10.5. The van der Waals surface area contributed by atoms with Gasteiger partial charge in [0.15, 0.2) is 5.78 Å². The van der Waals surface area contributed by atoms with Crippen LogP contribution in [0.1, 0.15) is 27.8 Å². The van der Waals surface area contributed by atoms with Crippen LogP contribution in [0, 0.1) is 24.6 Å². The van der Waals surface area contributed by atoms with E-state index in [4.69, 9.17) is 0 Å². The van der Waals surface area contributed by atoms with E-state index >= 15 is 4.79 Å². The van der Waals surface area contributed by atoms with Gasteiger partial charge in [-0.15, -0.1) is 0 Å². The molecular formula is C40H26FNO3. The van der Waals surface area contributed by atoms with Gasteiger partial charge in [0.25, 0.3) is 0 Å². The Labute approximate surface area is 258 Å². The number of nitrogens with zero attached hydrogens (tertiary/aromatic N) is 1. The lowest BCUT2D eigenvalue weighted by molar-refractivity contribution is -0.130. The highest BCUT2D eigenvalue weighted by molar-refractivity contribution is 6.34. The molecule has 4 atom stereocenters. The van der Waals surface area contributed by atoms with Crippen molar-refractivity contribution in [2.45, 2.75) is 17.8 Å². The van der Waals surface area contributed by atoms with E-state index in [0.717, 1.165) is 37.6 Å². The fourth-order valence-electron chi connectivity index (χ4n) is 9.01. The van der Waals surface area contributed by atoms with E-state index in [1.54, 1.807) is 13.0 Å². The van der Waals surface area contributed by atoms with Crippen LogP contribution in [0.25, 0.3) is 21.5 Å². The van der Waals surface area contributed by atoms with Gasteiger partial charge in [0.05, 0.1) is 28.4 Å². The fourth-order valence-corrected chi connectivity index (χ4v) is 9.01. The molecule has 216 valence electrons. The minimum absolute atomic E-state index is 0.156. The van der Waals surface area contributed by atoms with E-state index in [2.05, 4.69) is 12.1 Å². The summed E-state index contributed by atoms with van der Waals surface area (Å²) in [6.07, 6.45) is 0. The van der Waals surface area contributed by atoms with Gasteiger partial charge in [-0.05, 0) is 68.4 Å². The molecule has 0 aromatic heterocycles. The molecule has 1 saturated carbocycles. The van der Waals surface area contributed by atoms with Crippen molar-refractivity contribution in [3.05, 3.63) is 161 Å². The number of benzene rings is 6. The molecule has 9 rings (SSSR count). The number of hydrogen-bond donors (Lipinski definition) is 0. The molecule has 1 saturated heterocycles. The summed E-state index contributed by atoms with van der Waals surface area (Å²) in [5.74, 6) is -3.70. The number of carbonyl (C=O) groups is 3. The molecule has 0 unspecified atom stereocenters. The Kier molecular flexibility index (Phi) is 5.10. The predicted molar refractivity (Wildman–Crippen MR) is 172 cm³/mol. The number of imide groups is 1. The Balaban J connectivity index is 1.51. The van der Waals surface area contributed by atoms with Gasteiger partial charge in [-0.25, -0.2) is 9.29 Å². The summed E-state index contributed by atoms with van der Waals surface area (Å²) in [6, 6.07) is 39.1. The highest BCUT2D eigenvalue weighted by atomic mass is 19.1. The Morgan fingerprint density at radius 2 is 0.978 bits per heavy atom. The molecule has 2 amide bonds. The molecule has 0 spiro atoms. The van der Waals surface area contributed by atoms with E-state index in [9.17, 15) is 14.0 Å². The number of anilines is 1. The largest absolute Gasteiger partial charge is 0.297 e. The summed E-state index contributed by atoms with van der Waals surface area (Å²) in [4.78, 5) is 47.0. The Morgan fingerprint density at radius 1 is 0.556 bits per heavy atom. The number of Topliss-reactive ketones (excluding diaryl/α,β-unsaturated/α-hetero) is 1. The zero-order valence-corrected chi connectivity index (χ0v) is 24.3. The molecule has 6 aromatic rings. The van der Waals surface area contributed by atoms with Gasteiger partial charge in [-0.1, -0.05) is 115 Å². The van der Waals surface area contributed by atoms with Crippen LogP contribution in [0.3, 0.4) is 0 Å². The van der Waals surface area contributed by atoms with Crippen molar-refractivity contribution in [2.75, 3.05) is 4.90 Å². The molecule has 3 aliphatic rings. The molecule has 1 aliphatic heterocycles. The molecule has 2 aliphatic carbocycles. The van der Waals surface area contributed by atoms with Crippen molar-refractivity contribution in [3.63, 3.8) is 0 Å². The van der Waals surface area contributed by atoms with E-state index in [0.29, 0.717) is 16.7 Å². The lowest BCUT2D eigenvalue weighted by Gasteiger charge is -2.38. The normalized spacial score (nSPS) is 24.9. The third-order valence-corrected chi connectivity index (χ3v) is 10.5. The summed E-state index contributed by atoms with van der Waals surface area (Å²) in [5, 5.41) is 3.74. The standard InChI is InChI=1S/C40H26FNO3/c1-23-20-21-26(41)22-31(23)42-36(43)34-35(37(42)44)40(25-14-6-3-7-15-25)33-30-19-11-9-17-28(30)27-16-8-10-18-29(27)32(33)39(34,38(40)45)24-12-4-2-5-13-24/h2-22,34-35H,1H3/t34-,35+,39+,40-. The second kappa shape index (κ2) is 8.82. The van der Waals surface area contributed by atoms with Crippen LogP contribution in [0.5, 0.6) is 0 Å². The lowest BCUT2D eigenvalue weighted by Crippen LogP contribution is -2.45. The highest BCUT2D eigenvalue weighted by Crippen LogP contribution is 2.72. The van der Waals surface area contributed by atoms with Crippen molar-refractivity contribution >= 4 is 44.8 Å². The Bertz CT molecular complexity index is 2150. The summed E-state index contributed by atoms with van der Waals surface area (Å²) >= 11 is 0. The first kappa shape index (κ1) is 26.0. The van der Waals surface area contributed by atoms with Crippen LogP contribution in [-0.2, 0) is 25.2 Å². The zero-order valence-electron chi connectivity index (χ0n) is 24.3. The number of amides is 2. The minimum atomic E-state index is -1.45. The molecule has 5 heteroatoms. The number of carbonyl (C=O) groups excluding carboxylic acids is 3. The van der Waals surface area contributed by atoms with Crippen LogP contribution in [-0.4, -0.2) is 17.6 Å². The lowest BCUT2D eigenvalue weighted by atomic mass is 9.59. The SMILES string of the molecule is Cc1ccc(F)cc1N1C(=O)[C@@H]2[C@H](C1=O)[C@@]1(c3ccccc3)C(=O)[C@]2(c2ccccc2)c2c1c1ccccc1c1ccccc21. The predicted octanol–water partition coefficient (Wildman–Crippen LogP) is 7.41. The number of ketones is 1. The molecule has 0 radical (unpaired) electrons. The van der Waals surface area contributed by atoms with Crippen molar-refractivity contribution in [1.82, 2.24) is 0 Å². The van der Waals surface area contributed by atoms with Crippen molar-refractivity contribution in [2.24, 2.45) is 11.8 Å². The average Bonchev–Trinajstić information content (AvgIpc) is 3.59. The van der Waals surface area contributed by atoms with Crippen LogP contribution < -0.4 is 4.90 Å². The topological polar surface area (TPSA) is 54.5 Å². The van der Waals surface area contributed by atoms with Crippen molar-refractivity contribution in [1.29, 1.82) is 0 Å². The molecule has 45 heavy (non-hydrogen) atoms. The average molecular weight is 588 g/mol. The van der Waals surface area contributed by atoms with Gasteiger partial charge < -0.3 is 0 Å². The Hall–Kier alpha value is -5.42. The van der Waals surface area contributed by atoms with Crippen LogP contribution in [0.15, 0.2) is 127 Å². The first-order chi connectivity index (χ1) is 21.9. The summed E-state index contributed by atoms with van der Waals surface area (Å²) in [6.45, 7) is 1.76. The maximum absolute atomic E-state index is 15.8. The van der Waals surface area contributed by atoms with Gasteiger partial charge in [0.2, 0.25) is 11.8 Å². The molecule has 4 nitrogen and oxygen atoms in total. The van der Waals surface area contributed by atoms with E-state index < -0.39 is 40.3 Å². The molecular weight excluding hydrogens is 561 g/mol. The third kappa shape index (κ3) is 2.89. The second-order valence-electron chi connectivity index (χ2n) is 12.4. The number of hydrogen-bond acceptors (Lipinski definition) is 3. The quantitative estimate of drug-likeness (QED) is 0.160. The van der Waals surface area contributed by atoms with E-state index in [-0.39, 0.29) is 11.5 Å². The molecule has 1 heterocycles. The summed E-state index contributed by atoms with van der Waals surface area (Å²) < 4.78 is 14.7. The van der Waals surface area contributed by atoms with Crippen molar-refractivity contribution in [3.8, 4) is 0 Å². The molecule has 0 N–H and O–H groups in total. The fraction of sp³-hybridized carbons (Fsp3) is 0.125. The van der Waals surface area contributed by atoms with Crippen LogP contribution in [0.4, 0.5) is 10.1 Å². The van der Waals surface area contributed by atoms with Gasteiger partial charge >= 0.3 is 0 Å². The highest BCUT2D eigenvalue weighted by Gasteiger charge is 2.82. The smallest absolute Gasteiger partial charge is 0.239 e. The molecule has 6 aromatic carbocycles. The van der Waals surface area contributed by atoms with E-state index in [1.165, 1.54) is 12.1 Å². The number of fused-ring (bicyclic) bond motifs is 13. The van der Waals surface area contributed by atoms with Crippen molar-refractivity contribution < 1.29 is 18.8 Å². The first-order valence-electron chi connectivity index (χ1n) is 15.2. The number of halogens is 1. The molecule has 2 fully saturated rings. The van der Waals surface area contributed by atoms with Gasteiger partial charge in [-0.3, -0.25) is 14.4 Å². The summed E-state index contributed by atoms with van der Waals surface area (Å²) in [5.41, 5.74) is 0.854. The summed E-state index contributed by atoms with van der Waals surface area (Å²) in [7, 11) is 0. The zero-order chi connectivity index (χ0) is 30.7. The second-order valence-corrected chi connectivity index (χ2v) is 12.4. The number of aryl methyl sites for hydroxylation is 1. The van der Waals surface area contributed by atoms with Gasteiger partial charge in [0, 0.05) is 0 Å². The minimum Gasteiger partial charge on any atom is -0.297 e. The van der Waals surface area contributed by atoms with Gasteiger partial charge in [0.1, 0.15) is 5.82 Å². The van der Waals surface area contributed by atoms with Crippen LogP contribution in [0.2, 0.25) is 0 Å². The van der Waals surface area contributed by atoms with Crippen LogP contribution >= 0.6 is 0 Å². The van der Waals surface area contributed by atoms with E-state index in [1.807, 2.05) is 97.1 Å². The maximum Gasteiger partial charge on any atom is 0.239 e.